The smallest absolute Gasteiger partial charge is 0.294 e. The van der Waals surface area contributed by atoms with Crippen LogP contribution < -0.4 is 0 Å². The van der Waals surface area contributed by atoms with Crippen molar-refractivity contribution in [1.29, 1.82) is 0 Å². The number of aryl methyl sites for hydroxylation is 1. The number of hydrogen-bond donors (Lipinski definition) is 0. The fourth-order valence-corrected chi connectivity index (χ4v) is 2.40. The summed E-state index contributed by atoms with van der Waals surface area (Å²) in [7, 11) is 0. The van der Waals surface area contributed by atoms with Gasteiger partial charge >= 0.3 is 6.18 Å². The highest BCUT2D eigenvalue weighted by Crippen LogP contribution is 2.31. The van der Waals surface area contributed by atoms with Crippen LogP contribution in [0.1, 0.15) is 28.0 Å². The van der Waals surface area contributed by atoms with Crippen LogP contribution in [0.25, 0.3) is 10.9 Å². The summed E-state index contributed by atoms with van der Waals surface area (Å²) >= 11 is 0. The van der Waals surface area contributed by atoms with Gasteiger partial charge in [-0.05, 0) is 36.8 Å². The average molecular weight is 330 g/mol. The van der Waals surface area contributed by atoms with Crippen molar-refractivity contribution in [2.75, 3.05) is 0 Å². The molecule has 0 unspecified atom stereocenters. The van der Waals surface area contributed by atoms with Crippen LogP contribution >= 0.6 is 0 Å². The first kappa shape index (κ1) is 16.1. The van der Waals surface area contributed by atoms with Gasteiger partial charge in [-0.25, -0.2) is 0 Å². The minimum Gasteiger partial charge on any atom is -0.294 e. The van der Waals surface area contributed by atoms with E-state index in [-0.39, 0.29) is 17.7 Å². The number of ketones is 1. The molecule has 122 valence electrons. The predicted molar refractivity (Wildman–Crippen MR) is 83.6 cm³/mol. The molecule has 0 amide bonds. The van der Waals surface area contributed by atoms with Crippen LogP contribution in [-0.4, -0.2) is 15.8 Å². The standard InChI is InChI=1S/C18H13F3N2O/c19-18(20,21)14-3-1-12-2-4-15(23-16(12)11-14)5-6-17(24)13-7-9-22-10-8-13/h1-4,7-11H,5-6H2. The second-order valence-corrected chi connectivity index (χ2v) is 5.37. The Morgan fingerprint density at radius 3 is 2.42 bits per heavy atom. The van der Waals surface area contributed by atoms with Crippen molar-refractivity contribution in [3.63, 3.8) is 0 Å². The van der Waals surface area contributed by atoms with Gasteiger partial charge in [-0.3, -0.25) is 14.8 Å². The summed E-state index contributed by atoms with van der Waals surface area (Å²) in [4.78, 5) is 20.2. The highest BCUT2D eigenvalue weighted by atomic mass is 19.4. The topological polar surface area (TPSA) is 42.9 Å². The zero-order valence-electron chi connectivity index (χ0n) is 12.5. The van der Waals surface area contributed by atoms with E-state index in [0.717, 1.165) is 12.1 Å². The normalized spacial score (nSPS) is 11.6. The van der Waals surface area contributed by atoms with Gasteiger partial charge in [-0.1, -0.05) is 12.1 Å². The molecule has 0 radical (unpaired) electrons. The Morgan fingerprint density at radius 2 is 1.71 bits per heavy atom. The molecule has 3 nitrogen and oxygen atoms in total. The van der Waals surface area contributed by atoms with Gasteiger partial charge in [0.25, 0.3) is 0 Å². The molecule has 0 fully saturated rings. The summed E-state index contributed by atoms with van der Waals surface area (Å²) in [6, 6.07) is 10.2. The van der Waals surface area contributed by atoms with Crippen molar-refractivity contribution in [1.82, 2.24) is 9.97 Å². The van der Waals surface area contributed by atoms with Crippen molar-refractivity contribution in [2.45, 2.75) is 19.0 Å². The Morgan fingerprint density at radius 1 is 1.00 bits per heavy atom. The monoisotopic (exact) mass is 330 g/mol. The molecule has 2 aromatic heterocycles. The number of alkyl halides is 3. The Kier molecular flexibility index (Phi) is 4.29. The van der Waals surface area contributed by atoms with Crippen LogP contribution in [0.5, 0.6) is 0 Å². The van der Waals surface area contributed by atoms with E-state index in [2.05, 4.69) is 9.97 Å². The maximum Gasteiger partial charge on any atom is 0.416 e. The van der Waals surface area contributed by atoms with Crippen LogP contribution in [0.2, 0.25) is 0 Å². The van der Waals surface area contributed by atoms with E-state index >= 15 is 0 Å². The number of benzene rings is 1. The lowest BCUT2D eigenvalue weighted by atomic mass is 10.1. The zero-order chi connectivity index (χ0) is 17.2. The fourth-order valence-electron chi connectivity index (χ4n) is 2.40. The molecule has 6 heteroatoms. The summed E-state index contributed by atoms with van der Waals surface area (Å²) in [5.41, 5.74) is 0.695. The van der Waals surface area contributed by atoms with E-state index in [9.17, 15) is 18.0 Å². The summed E-state index contributed by atoms with van der Waals surface area (Å²) < 4.78 is 38.3. The fraction of sp³-hybridized carbons (Fsp3) is 0.167. The van der Waals surface area contributed by atoms with Crippen molar-refractivity contribution in [3.8, 4) is 0 Å². The van der Waals surface area contributed by atoms with Crippen molar-refractivity contribution < 1.29 is 18.0 Å². The molecule has 0 bridgehead atoms. The molecular formula is C18H13F3N2O. The minimum absolute atomic E-state index is 0.0525. The molecule has 0 spiro atoms. The maximum atomic E-state index is 12.8. The van der Waals surface area contributed by atoms with E-state index in [1.807, 2.05) is 0 Å². The summed E-state index contributed by atoms with van der Waals surface area (Å²) in [5, 5.41) is 0.632. The lowest BCUT2D eigenvalue weighted by Crippen LogP contribution is -2.05. The second-order valence-electron chi connectivity index (χ2n) is 5.37. The van der Waals surface area contributed by atoms with E-state index in [4.69, 9.17) is 0 Å². The van der Waals surface area contributed by atoms with Crippen molar-refractivity contribution in [2.24, 2.45) is 0 Å². The number of rotatable bonds is 4. The van der Waals surface area contributed by atoms with E-state index in [1.165, 1.54) is 6.07 Å². The van der Waals surface area contributed by atoms with Gasteiger partial charge in [0.15, 0.2) is 5.78 Å². The van der Waals surface area contributed by atoms with E-state index in [0.29, 0.717) is 23.1 Å². The van der Waals surface area contributed by atoms with Crippen LogP contribution in [0.3, 0.4) is 0 Å². The minimum atomic E-state index is -4.40. The number of Topliss-reactive ketones (excluding diaryl/α,β-unsaturated/α-hetero) is 1. The van der Waals surface area contributed by atoms with Gasteiger partial charge in [0.05, 0.1) is 11.1 Å². The Labute approximate surface area is 136 Å². The van der Waals surface area contributed by atoms with E-state index < -0.39 is 11.7 Å². The number of hydrogen-bond acceptors (Lipinski definition) is 3. The molecule has 0 atom stereocenters. The first-order valence-electron chi connectivity index (χ1n) is 7.33. The van der Waals surface area contributed by atoms with Crippen molar-refractivity contribution in [3.05, 3.63) is 71.7 Å². The number of pyridine rings is 2. The highest BCUT2D eigenvalue weighted by molar-refractivity contribution is 5.96. The van der Waals surface area contributed by atoms with Gasteiger partial charge < -0.3 is 0 Å². The van der Waals surface area contributed by atoms with Crippen LogP contribution in [0.15, 0.2) is 54.9 Å². The zero-order valence-corrected chi connectivity index (χ0v) is 12.5. The third kappa shape index (κ3) is 3.59. The van der Waals surface area contributed by atoms with E-state index in [1.54, 1.807) is 36.7 Å². The third-order valence-corrected chi connectivity index (χ3v) is 3.69. The molecule has 0 aliphatic rings. The number of carbonyl (C=O) groups excluding carboxylic acids is 1. The second kappa shape index (κ2) is 6.39. The molecule has 0 aliphatic heterocycles. The Hall–Kier alpha value is -2.76. The highest BCUT2D eigenvalue weighted by Gasteiger charge is 2.30. The molecule has 2 heterocycles. The number of nitrogens with zero attached hydrogens (tertiary/aromatic N) is 2. The largest absolute Gasteiger partial charge is 0.416 e. The molecule has 3 aromatic rings. The van der Waals surface area contributed by atoms with Crippen LogP contribution in [0, 0.1) is 0 Å². The quantitative estimate of drug-likeness (QED) is 0.663. The van der Waals surface area contributed by atoms with Gasteiger partial charge in [0, 0.05) is 35.5 Å². The summed E-state index contributed by atoms with van der Waals surface area (Å²) in [5.74, 6) is -0.0525. The number of carbonyl (C=O) groups is 1. The number of halogens is 3. The molecule has 3 rings (SSSR count). The Balaban J connectivity index is 1.79. The summed E-state index contributed by atoms with van der Waals surface area (Å²) in [6.07, 6.45) is -0.710. The molecule has 0 saturated heterocycles. The van der Waals surface area contributed by atoms with Gasteiger partial charge in [0.2, 0.25) is 0 Å². The van der Waals surface area contributed by atoms with Crippen LogP contribution in [0.4, 0.5) is 13.2 Å². The molecule has 0 aliphatic carbocycles. The lowest BCUT2D eigenvalue weighted by Gasteiger charge is -2.08. The Bertz CT molecular complexity index is 876. The lowest BCUT2D eigenvalue weighted by molar-refractivity contribution is -0.137. The molecule has 1 aromatic carbocycles. The summed E-state index contributed by atoms with van der Waals surface area (Å²) in [6.45, 7) is 0. The van der Waals surface area contributed by atoms with Gasteiger partial charge in [-0.2, -0.15) is 13.2 Å². The predicted octanol–water partition coefficient (Wildman–Crippen LogP) is 4.46. The first-order valence-corrected chi connectivity index (χ1v) is 7.33. The third-order valence-electron chi connectivity index (χ3n) is 3.69. The maximum absolute atomic E-state index is 12.8. The van der Waals surface area contributed by atoms with Gasteiger partial charge in [0.1, 0.15) is 0 Å². The molecule has 24 heavy (non-hydrogen) atoms. The first-order chi connectivity index (χ1) is 11.4. The molecule has 0 N–H and O–H groups in total. The SMILES string of the molecule is O=C(CCc1ccc2ccc(C(F)(F)F)cc2n1)c1ccncc1. The average Bonchev–Trinajstić information content (AvgIpc) is 2.59. The van der Waals surface area contributed by atoms with Crippen LogP contribution in [-0.2, 0) is 12.6 Å². The molecule has 0 saturated carbocycles. The van der Waals surface area contributed by atoms with Crippen molar-refractivity contribution >= 4 is 16.7 Å². The number of fused-ring (bicyclic) bond motifs is 1. The number of aromatic nitrogens is 2. The molecular weight excluding hydrogens is 317 g/mol. The van der Waals surface area contributed by atoms with Gasteiger partial charge in [-0.15, -0.1) is 0 Å².